The van der Waals surface area contributed by atoms with Gasteiger partial charge in [-0.15, -0.1) is 0 Å². The van der Waals surface area contributed by atoms with Crippen molar-refractivity contribution in [2.24, 2.45) is 5.92 Å². The van der Waals surface area contributed by atoms with Crippen molar-refractivity contribution in [3.05, 3.63) is 23.8 Å². The van der Waals surface area contributed by atoms with Gasteiger partial charge in [-0.2, -0.15) is 0 Å². The SMILES string of the molecule is COc1cc(OC)cc(C2CNCC2C(=O)OC(C)(C)C)c1. The molecule has 2 rings (SSSR count). The molecule has 1 aromatic rings. The molecule has 1 heterocycles. The minimum absolute atomic E-state index is 0.0545. The van der Waals surface area contributed by atoms with Crippen molar-refractivity contribution in [3.63, 3.8) is 0 Å². The zero-order chi connectivity index (χ0) is 16.3. The van der Waals surface area contributed by atoms with Crippen LogP contribution in [-0.2, 0) is 9.53 Å². The van der Waals surface area contributed by atoms with E-state index in [0.717, 1.165) is 23.6 Å². The summed E-state index contributed by atoms with van der Waals surface area (Å²) in [6.07, 6.45) is 0. The second kappa shape index (κ2) is 6.57. The van der Waals surface area contributed by atoms with Gasteiger partial charge >= 0.3 is 5.97 Å². The van der Waals surface area contributed by atoms with Crippen LogP contribution in [0.25, 0.3) is 0 Å². The lowest BCUT2D eigenvalue weighted by molar-refractivity contribution is -0.159. The summed E-state index contributed by atoms with van der Waals surface area (Å²) in [5, 5.41) is 3.28. The number of rotatable bonds is 4. The van der Waals surface area contributed by atoms with E-state index in [-0.39, 0.29) is 17.8 Å². The third kappa shape index (κ3) is 3.91. The van der Waals surface area contributed by atoms with Crippen LogP contribution in [0.5, 0.6) is 11.5 Å². The maximum atomic E-state index is 12.4. The van der Waals surface area contributed by atoms with Gasteiger partial charge < -0.3 is 19.5 Å². The fraction of sp³-hybridized carbons (Fsp3) is 0.588. The highest BCUT2D eigenvalue weighted by atomic mass is 16.6. The van der Waals surface area contributed by atoms with Crippen LogP contribution >= 0.6 is 0 Å². The largest absolute Gasteiger partial charge is 0.497 e. The molecule has 1 fully saturated rings. The fourth-order valence-electron chi connectivity index (χ4n) is 2.70. The Labute approximate surface area is 131 Å². The van der Waals surface area contributed by atoms with E-state index in [9.17, 15) is 4.79 Å². The first kappa shape index (κ1) is 16.6. The molecule has 1 aromatic carbocycles. The first-order valence-corrected chi connectivity index (χ1v) is 7.50. The summed E-state index contributed by atoms with van der Waals surface area (Å²) < 4.78 is 16.2. The summed E-state index contributed by atoms with van der Waals surface area (Å²) in [6, 6.07) is 5.74. The number of esters is 1. The number of nitrogens with one attached hydrogen (secondary N) is 1. The number of ether oxygens (including phenoxy) is 3. The molecule has 0 radical (unpaired) electrons. The third-order valence-corrected chi connectivity index (χ3v) is 3.73. The summed E-state index contributed by atoms with van der Waals surface area (Å²) in [4.78, 5) is 12.4. The van der Waals surface area contributed by atoms with Gasteiger partial charge in [0.2, 0.25) is 0 Å². The third-order valence-electron chi connectivity index (χ3n) is 3.73. The number of hydrogen-bond acceptors (Lipinski definition) is 5. The lowest BCUT2D eigenvalue weighted by Gasteiger charge is -2.25. The highest BCUT2D eigenvalue weighted by Crippen LogP contribution is 2.34. The van der Waals surface area contributed by atoms with E-state index in [4.69, 9.17) is 14.2 Å². The zero-order valence-electron chi connectivity index (χ0n) is 13.9. The fourth-order valence-corrected chi connectivity index (χ4v) is 2.70. The van der Waals surface area contributed by atoms with Crippen LogP contribution in [-0.4, -0.2) is 38.9 Å². The van der Waals surface area contributed by atoms with Gasteiger partial charge in [0.1, 0.15) is 17.1 Å². The number of hydrogen-bond donors (Lipinski definition) is 1. The molecule has 0 bridgehead atoms. The predicted octanol–water partition coefficient (Wildman–Crippen LogP) is 2.35. The molecular formula is C17H25NO4. The van der Waals surface area contributed by atoms with Gasteiger partial charge in [-0.05, 0) is 38.5 Å². The Hall–Kier alpha value is -1.75. The van der Waals surface area contributed by atoms with Crippen molar-refractivity contribution in [3.8, 4) is 11.5 Å². The molecule has 1 saturated heterocycles. The number of benzene rings is 1. The molecular weight excluding hydrogens is 282 g/mol. The molecule has 0 aliphatic carbocycles. The Morgan fingerprint density at radius 2 is 1.68 bits per heavy atom. The topological polar surface area (TPSA) is 56.8 Å². The van der Waals surface area contributed by atoms with Crippen molar-refractivity contribution in [2.75, 3.05) is 27.3 Å². The van der Waals surface area contributed by atoms with E-state index in [0.29, 0.717) is 6.54 Å². The van der Waals surface area contributed by atoms with E-state index in [1.165, 1.54) is 0 Å². The van der Waals surface area contributed by atoms with E-state index < -0.39 is 5.60 Å². The van der Waals surface area contributed by atoms with Crippen LogP contribution < -0.4 is 14.8 Å². The van der Waals surface area contributed by atoms with Gasteiger partial charge in [0.25, 0.3) is 0 Å². The summed E-state index contributed by atoms with van der Waals surface area (Å²) in [5.41, 5.74) is 0.549. The number of carbonyl (C=O) groups excluding carboxylic acids is 1. The minimum Gasteiger partial charge on any atom is -0.497 e. The number of methoxy groups -OCH3 is 2. The zero-order valence-corrected chi connectivity index (χ0v) is 13.9. The Balaban J connectivity index is 2.25. The normalized spacial score (nSPS) is 21.5. The van der Waals surface area contributed by atoms with Crippen LogP contribution in [0.4, 0.5) is 0 Å². The van der Waals surface area contributed by atoms with Gasteiger partial charge in [0.05, 0.1) is 20.1 Å². The minimum atomic E-state index is -0.476. The van der Waals surface area contributed by atoms with Crippen LogP contribution in [0.15, 0.2) is 18.2 Å². The van der Waals surface area contributed by atoms with Crippen LogP contribution in [0.1, 0.15) is 32.3 Å². The molecule has 5 nitrogen and oxygen atoms in total. The molecule has 2 unspecified atom stereocenters. The number of carbonyl (C=O) groups is 1. The average Bonchev–Trinajstić information content (AvgIpc) is 2.94. The molecule has 1 aliphatic heterocycles. The Morgan fingerprint density at radius 3 is 2.18 bits per heavy atom. The Morgan fingerprint density at radius 1 is 1.09 bits per heavy atom. The summed E-state index contributed by atoms with van der Waals surface area (Å²) in [7, 11) is 3.24. The maximum absolute atomic E-state index is 12.4. The van der Waals surface area contributed by atoms with Crippen molar-refractivity contribution in [1.29, 1.82) is 0 Å². The molecule has 0 aromatic heterocycles. The molecule has 2 atom stereocenters. The summed E-state index contributed by atoms with van der Waals surface area (Å²) >= 11 is 0. The molecule has 5 heteroatoms. The average molecular weight is 307 g/mol. The van der Waals surface area contributed by atoms with Gasteiger partial charge in [0, 0.05) is 25.1 Å². The first-order valence-electron chi connectivity index (χ1n) is 7.50. The second-order valence-electron chi connectivity index (χ2n) is 6.55. The predicted molar refractivity (Wildman–Crippen MR) is 84.5 cm³/mol. The second-order valence-corrected chi connectivity index (χ2v) is 6.55. The Bertz CT molecular complexity index is 514. The highest BCUT2D eigenvalue weighted by molar-refractivity contribution is 5.75. The van der Waals surface area contributed by atoms with Gasteiger partial charge in [0.15, 0.2) is 0 Å². The van der Waals surface area contributed by atoms with Gasteiger partial charge in [-0.3, -0.25) is 4.79 Å². The molecule has 1 N–H and O–H groups in total. The van der Waals surface area contributed by atoms with Crippen LogP contribution in [0.2, 0.25) is 0 Å². The molecule has 122 valence electrons. The quantitative estimate of drug-likeness (QED) is 0.865. The molecule has 0 saturated carbocycles. The van der Waals surface area contributed by atoms with E-state index >= 15 is 0 Å². The van der Waals surface area contributed by atoms with E-state index in [1.807, 2.05) is 39.0 Å². The molecule has 1 aliphatic rings. The smallest absolute Gasteiger partial charge is 0.311 e. The molecule has 0 amide bonds. The van der Waals surface area contributed by atoms with E-state index in [2.05, 4.69) is 5.32 Å². The van der Waals surface area contributed by atoms with Crippen LogP contribution in [0, 0.1) is 5.92 Å². The standard InChI is InChI=1S/C17H25NO4/c1-17(2,3)22-16(19)15-10-18-9-14(15)11-6-12(20-4)8-13(7-11)21-5/h6-8,14-15,18H,9-10H2,1-5H3. The van der Waals surface area contributed by atoms with Crippen molar-refractivity contribution in [2.45, 2.75) is 32.3 Å². The summed E-state index contributed by atoms with van der Waals surface area (Å²) in [6.45, 7) is 7.02. The monoisotopic (exact) mass is 307 g/mol. The van der Waals surface area contributed by atoms with Gasteiger partial charge in [-0.25, -0.2) is 0 Å². The van der Waals surface area contributed by atoms with Gasteiger partial charge in [-0.1, -0.05) is 0 Å². The first-order chi connectivity index (χ1) is 10.3. The highest BCUT2D eigenvalue weighted by Gasteiger charge is 2.37. The maximum Gasteiger partial charge on any atom is 0.311 e. The van der Waals surface area contributed by atoms with Crippen LogP contribution in [0.3, 0.4) is 0 Å². The molecule has 22 heavy (non-hydrogen) atoms. The van der Waals surface area contributed by atoms with Crippen molar-refractivity contribution < 1.29 is 19.0 Å². The Kier molecular flexibility index (Phi) is 4.96. The van der Waals surface area contributed by atoms with Crippen molar-refractivity contribution >= 4 is 5.97 Å². The lowest BCUT2D eigenvalue weighted by Crippen LogP contribution is -2.31. The van der Waals surface area contributed by atoms with Crippen molar-refractivity contribution in [1.82, 2.24) is 5.32 Å². The summed E-state index contributed by atoms with van der Waals surface area (Å²) in [5.74, 6) is 1.15. The molecule has 0 spiro atoms. The van der Waals surface area contributed by atoms with E-state index in [1.54, 1.807) is 14.2 Å². The lowest BCUT2D eigenvalue weighted by atomic mass is 9.88.